The summed E-state index contributed by atoms with van der Waals surface area (Å²) in [6.45, 7) is 5.43. The first kappa shape index (κ1) is 15.5. The first-order valence-corrected chi connectivity index (χ1v) is 8.01. The lowest BCUT2D eigenvalue weighted by atomic mass is 9.96. The van der Waals surface area contributed by atoms with Crippen molar-refractivity contribution in [2.45, 2.75) is 32.7 Å². The maximum Gasteiger partial charge on any atom is 0.225 e. The Morgan fingerprint density at radius 3 is 3.00 bits per heavy atom. The van der Waals surface area contributed by atoms with Crippen molar-refractivity contribution in [3.8, 4) is 0 Å². The van der Waals surface area contributed by atoms with Gasteiger partial charge < -0.3 is 14.6 Å². The number of aromatic nitrogens is 2. The number of piperidine rings is 1. The number of anilines is 1. The zero-order valence-corrected chi connectivity index (χ0v) is 13.5. The summed E-state index contributed by atoms with van der Waals surface area (Å²) in [6, 6.07) is 3.70. The minimum absolute atomic E-state index is 0.0377. The first-order valence-electron chi connectivity index (χ1n) is 8.01. The molecule has 0 spiro atoms. The van der Waals surface area contributed by atoms with Gasteiger partial charge in [-0.25, -0.2) is 4.98 Å². The molecule has 0 unspecified atom stereocenters. The van der Waals surface area contributed by atoms with Gasteiger partial charge in [0.1, 0.15) is 17.3 Å². The van der Waals surface area contributed by atoms with Crippen molar-refractivity contribution in [2.24, 2.45) is 5.92 Å². The highest BCUT2D eigenvalue weighted by atomic mass is 16.3. The normalized spacial score (nSPS) is 19.4. The van der Waals surface area contributed by atoms with Crippen molar-refractivity contribution < 1.29 is 9.21 Å². The molecule has 6 nitrogen and oxygen atoms in total. The molecule has 122 valence electrons. The van der Waals surface area contributed by atoms with E-state index in [-0.39, 0.29) is 17.9 Å². The number of amides is 1. The number of nitrogens with one attached hydrogen (secondary N) is 1. The van der Waals surface area contributed by atoms with Gasteiger partial charge >= 0.3 is 0 Å². The topological polar surface area (TPSA) is 71.3 Å². The molecule has 1 fully saturated rings. The fourth-order valence-electron chi connectivity index (χ4n) is 2.94. The summed E-state index contributed by atoms with van der Waals surface area (Å²) in [4.78, 5) is 23.1. The van der Waals surface area contributed by atoms with Gasteiger partial charge in [-0.15, -0.1) is 0 Å². The van der Waals surface area contributed by atoms with Crippen LogP contribution in [0.4, 0.5) is 5.82 Å². The molecule has 1 saturated heterocycles. The molecule has 23 heavy (non-hydrogen) atoms. The van der Waals surface area contributed by atoms with Crippen molar-refractivity contribution in [2.75, 3.05) is 18.0 Å². The summed E-state index contributed by atoms with van der Waals surface area (Å²) in [7, 11) is 0. The van der Waals surface area contributed by atoms with Crippen molar-refractivity contribution >= 4 is 11.7 Å². The van der Waals surface area contributed by atoms with E-state index in [0.717, 1.165) is 36.7 Å². The van der Waals surface area contributed by atoms with Gasteiger partial charge in [-0.05, 0) is 38.8 Å². The zero-order valence-electron chi connectivity index (χ0n) is 13.5. The molecule has 0 radical (unpaired) electrons. The van der Waals surface area contributed by atoms with Crippen molar-refractivity contribution in [3.63, 3.8) is 0 Å². The molecule has 0 aliphatic carbocycles. The highest BCUT2D eigenvalue weighted by Crippen LogP contribution is 2.22. The van der Waals surface area contributed by atoms with Crippen LogP contribution >= 0.6 is 0 Å². The van der Waals surface area contributed by atoms with Crippen LogP contribution in [0.2, 0.25) is 0 Å². The van der Waals surface area contributed by atoms with E-state index in [1.807, 2.05) is 26.0 Å². The summed E-state index contributed by atoms with van der Waals surface area (Å²) in [5.74, 6) is 2.51. The summed E-state index contributed by atoms with van der Waals surface area (Å²) in [6.07, 6.45) is 6.95. The van der Waals surface area contributed by atoms with E-state index in [2.05, 4.69) is 20.2 Å². The molecule has 0 aromatic carbocycles. The number of furan rings is 1. The number of rotatable bonds is 4. The van der Waals surface area contributed by atoms with Crippen LogP contribution in [0, 0.1) is 12.8 Å². The smallest absolute Gasteiger partial charge is 0.225 e. The molecule has 1 amide bonds. The minimum Gasteiger partial charge on any atom is -0.464 e. The van der Waals surface area contributed by atoms with Gasteiger partial charge in [-0.3, -0.25) is 9.78 Å². The standard InChI is InChI=1S/C17H22N4O2/c1-12-5-6-15(23-12)13(2)20-17(22)14-4-3-9-21(11-14)16-10-18-7-8-19-16/h5-8,10,13-14H,3-4,9,11H2,1-2H3,(H,20,22)/t13-,14+/m0/s1. The maximum absolute atomic E-state index is 12.6. The van der Waals surface area contributed by atoms with Crippen molar-refractivity contribution in [3.05, 3.63) is 42.2 Å². The van der Waals surface area contributed by atoms with Crippen molar-refractivity contribution in [1.82, 2.24) is 15.3 Å². The predicted octanol–water partition coefficient (Wildman–Crippen LogP) is 2.47. The maximum atomic E-state index is 12.6. The highest BCUT2D eigenvalue weighted by molar-refractivity contribution is 5.79. The number of aryl methyl sites for hydroxylation is 1. The SMILES string of the molecule is Cc1ccc([C@H](C)NC(=O)[C@@H]2CCCN(c3cnccn3)C2)o1. The monoisotopic (exact) mass is 314 g/mol. The molecule has 6 heteroatoms. The highest BCUT2D eigenvalue weighted by Gasteiger charge is 2.27. The molecule has 0 bridgehead atoms. The molecule has 3 rings (SSSR count). The van der Waals surface area contributed by atoms with E-state index in [9.17, 15) is 4.79 Å². The molecule has 0 saturated carbocycles. The van der Waals surface area contributed by atoms with Crippen LogP contribution in [0.3, 0.4) is 0 Å². The summed E-state index contributed by atoms with van der Waals surface area (Å²) < 4.78 is 5.58. The van der Waals surface area contributed by atoms with Crippen LogP contribution in [-0.2, 0) is 4.79 Å². The second-order valence-electron chi connectivity index (χ2n) is 6.03. The Morgan fingerprint density at radius 2 is 2.30 bits per heavy atom. The molecule has 1 aliphatic heterocycles. The molecule has 2 aromatic heterocycles. The Hall–Kier alpha value is -2.37. The summed E-state index contributed by atoms with van der Waals surface area (Å²) in [5, 5.41) is 3.06. The minimum atomic E-state index is -0.122. The second kappa shape index (κ2) is 6.81. The molecule has 1 N–H and O–H groups in total. The third kappa shape index (κ3) is 3.70. The fraction of sp³-hybridized carbons (Fsp3) is 0.471. The lowest BCUT2D eigenvalue weighted by molar-refractivity contribution is -0.126. The van der Waals surface area contributed by atoms with Gasteiger partial charge in [-0.2, -0.15) is 0 Å². The Kier molecular flexibility index (Phi) is 4.60. The van der Waals surface area contributed by atoms with E-state index in [1.54, 1.807) is 18.6 Å². The Morgan fingerprint density at radius 1 is 1.43 bits per heavy atom. The second-order valence-corrected chi connectivity index (χ2v) is 6.03. The fourth-order valence-corrected chi connectivity index (χ4v) is 2.94. The van der Waals surface area contributed by atoms with Crippen LogP contribution < -0.4 is 10.2 Å². The van der Waals surface area contributed by atoms with Crippen LogP contribution in [0.5, 0.6) is 0 Å². The van der Waals surface area contributed by atoms with E-state index < -0.39 is 0 Å². The van der Waals surface area contributed by atoms with Crippen LogP contribution in [0.1, 0.15) is 37.3 Å². The lowest BCUT2D eigenvalue weighted by Crippen LogP contribution is -2.44. The predicted molar refractivity (Wildman–Crippen MR) is 87.0 cm³/mol. The van der Waals surface area contributed by atoms with E-state index >= 15 is 0 Å². The third-order valence-electron chi connectivity index (χ3n) is 4.21. The number of carbonyl (C=O) groups is 1. The molecule has 2 aromatic rings. The van der Waals surface area contributed by atoms with E-state index in [0.29, 0.717) is 6.54 Å². The largest absolute Gasteiger partial charge is 0.464 e. The quantitative estimate of drug-likeness (QED) is 0.938. The van der Waals surface area contributed by atoms with Gasteiger partial charge in [0.05, 0.1) is 18.2 Å². The van der Waals surface area contributed by atoms with Gasteiger partial charge in [-0.1, -0.05) is 0 Å². The van der Waals surface area contributed by atoms with Crippen LogP contribution in [0.25, 0.3) is 0 Å². The Balaban J connectivity index is 1.61. The lowest BCUT2D eigenvalue weighted by Gasteiger charge is -2.33. The van der Waals surface area contributed by atoms with Crippen LogP contribution in [0.15, 0.2) is 35.1 Å². The average Bonchev–Trinajstić information content (AvgIpc) is 3.02. The molecule has 1 aliphatic rings. The summed E-state index contributed by atoms with van der Waals surface area (Å²) in [5.41, 5.74) is 0. The van der Waals surface area contributed by atoms with Gasteiger partial charge in [0.15, 0.2) is 0 Å². The number of hydrogen-bond donors (Lipinski definition) is 1. The van der Waals surface area contributed by atoms with E-state index in [4.69, 9.17) is 4.42 Å². The molecule has 3 heterocycles. The Bertz CT molecular complexity index is 656. The Labute approximate surface area is 135 Å². The molecular weight excluding hydrogens is 292 g/mol. The first-order chi connectivity index (χ1) is 11.1. The average molecular weight is 314 g/mol. The number of carbonyl (C=O) groups excluding carboxylic acids is 1. The number of nitrogens with zero attached hydrogens (tertiary/aromatic N) is 3. The van der Waals surface area contributed by atoms with E-state index in [1.165, 1.54) is 0 Å². The molecule has 2 atom stereocenters. The van der Waals surface area contributed by atoms with Gasteiger partial charge in [0.25, 0.3) is 0 Å². The van der Waals surface area contributed by atoms with Gasteiger partial charge in [0.2, 0.25) is 5.91 Å². The van der Waals surface area contributed by atoms with Gasteiger partial charge in [0, 0.05) is 25.5 Å². The summed E-state index contributed by atoms with van der Waals surface area (Å²) >= 11 is 0. The van der Waals surface area contributed by atoms with Crippen LogP contribution in [-0.4, -0.2) is 29.0 Å². The van der Waals surface area contributed by atoms with Crippen molar-refractivity contribution in [1.29, 1.82) is 0 Å². The number of hydrogen-bond acceptors (Lipinski definition) is 5. The molecular formula is C17H22N4O2. The third-order valence-corrected chi connectivity index (χ3v) is 4.21. The zero-order chi connectivity index (χ0) is 16.2.